The SMILES string of the molecule is c1ccc(N(c2ccc3c(c2)oc2c3ccc3c2ccc2c4ccc(N(c5ccccc5)c5cccc6c5sc5ccccc56)cc4oc23)c2cccc3c2sc2ccccc23)cc1. The molecule has 6 heteroatoms. The van der Waals surface area contributed by atoms with E-state index in [4.69, 9.17) is 8.83 Å². The third kappa shape index (κ3) is 5.27. The van der Waals surface area contributed by atoms with Crippen LogP contribution in [0.4, 0.5) is 34.1 Å². The number of thiophene rings is 2. The van der Waals surface area contributed by atoms with Gasteiger partial charge in [-0.25, -0.2) is 0 Å². The minimum absolute atomic E-state index is 0.841. The Balaban J connectivity index is 0.911. The van der Waals surface area contributed by atoms with Gasteiger partial charge in [0.05, 0.1) is 20.8 Å². The molecule has 0 spiro atoms. The first kappa shape index (κ1) is 35.7. The summed E-state index contributed by atoms with van der Waals surface area (Å²) in [5, 5.41) is 11.5. The van der Waals surface area contributed by atoms with Crippen molar-refractivity contribution in [1.29, 1.82) is 0 Å². The van der Waals surface area contributed by atoms with Crippen molar-refractivity contribution in [1.82, 2.24) is 0 Å². The lowest BCUT2D eigenvalue weighted by Crippen LogP contribution is -2.09. The van der Waals surface area contributed by atoms with Crippen molar-refractivity contribution in [3.05, 3.63) is 206 Å². The Morgan fingerprint density at radius 3 is 1.11 bits per heavy atom. The van der Waals surface area contributed by atoms with Gasteiger partial charge in [0.1, 0.15) is 22.3 Å². The van der Waals surface area contributed by atoms with Gasteiger partial charge in [-0.3, -0.25) is 0 Å². The standard InChI is InChI=1S/C58H34N2O2S2/c1-3-13-35(14-4-1)59(49-21-11-19-47-41-17-7-9-23-53(41)63-57(47)49)37-25-27-39-43-29-31-46-45(55(43)61-51(39)33-37)32-30-44-40-28-26-38(34-52(40)62-56(44)46)60(36-15-5-2-6-16-36)50-22-12-20-48-42-18-8-10-24-54(42)64-58(48)50/h1-34H. The molecule has 0 N–H and O–H groups in total. The molecular weight excluding hydrogens is 821 g/mol. The average Bonchev–Trinajstić information content (AvgIpc) is 4.13. The molecule has 0 saturated carbocycles. The molecule has 0 aliphatic carbocycles. The van der Waals surface area contributed by atoms with Gasteiger partial charge in [-0.2, -0.15) is 0 Å². The van der Waals surface area contributed by atoms with Gasteiger partial charge >= 0.3 is 0 Å². The lowest BCUT2D eigenvalue weighted by molar-refractivity contribution is 0.669. The Hall–Kier alpha value is -7.90. The summed E-state index contributed by atoms with van der Waals surface area (Å²) < 4.78 is 18.9. The second-order valence-corrected chi connectivity index (χ2v) is 18.5. The van der Waals surface area contributed by atoms with Crippen molar-refractivity contribution >= 4 is 152 Å². The van der Waals surface area contributed by atoms with Gasteiger partial charge in [-0.1, -0.05) is 97.1 Å². The van der Waals surface area contributed by atoms with E-state index in [2.05, 4.69) is 216 Å². The molecule has 0 saturated heterocycles. The van der Waals surface area contributed by atoms with Crippen LogP contribution in [0.3, 0.4) is 0 Å². The number of para-hydroxylation sites is 2. The highest BCUT2D eigenvalue weighted by atomic mass is 32.1. The molecule has 14 rings (SSSR count). The van der Waals surface area contributed by atoms with Crippen LogP contribution < -0.4 is 9.80 Å². The summed E-state index contributed by atoms with van der Waals surface area (Å²) >= 11 is 3.68. The van der Waals surface area contributed by atoms with Gasteiger partial charge in [0.15, 0.2) is 0 Å². The first-order valence-corrected chi connectivity index (χ1v) is 23.1. The monoisotopic (exact) mass is 854 g/mol. The Labute approximate surface area is 374 Å². The zero-order valence-corrected chi connectivity index (χ0v) is 35.8. The zero-order chi connectivity index (χ0) is 41.9. The Morgan fingerprint density at radius 1 is 0.281 bits per heavy atom. The van der Waals surface area contributed by atoms with E-state index in [1.165, 1.54) is 40.3 Å². The summed E-state index contributed by atoms with van der Waals surface area (Å²) in [5.41, 5.74) is 9.94. The smallest absolute Gasteiger partial charge is 0.143 e. The van der Waals surface area contributed by atoms with Crippen LogP contribution in [-0.4, -0.2) is 0 Å². The predicted molar refractivity (Wildman–Crippen MR) is 274 cm³/mol. The van der Waals surface area contributed by atoms with Crippen molar-refractivity contribution in [3.8, 4) is 0 Å². The van der Waals surface area contributed by atoms with Crippen LogP contribution in [0.25, 0.3) is 95.0 Å². The fraction of sp³-hybridized carbons (Fsp3) is 0. The minimum Gasteiger partial charge on any atom is -0.455 e. The number of hydrogen-bond acceptors (Lipinski definition) is 6. The second kappa shape index (κ2) is 13.8. The second-order valence-electron chi connectivity index (χ2n) is 16.4. The van der Waals surface area contributed by atoms with E-state index in [9.17, 15) is 0 Å². The molecule has 0 aliphatic rings. The highest BCUT2D eigenvalue weighted by Gasteiger charge is 2.23. The van der Waals surface area contributed by atoms with Gasteiger partial charge in [0, 0.05) is 98.1 Å². The molecule has 0 aliphatic heterocycles. The molecule has 4 nitrogen and oxygen atoms in total. The van der Waals surface area contributed by atoms with Gasteiger partial charge in [0.2, 0.25) is 0 Å². The molecule has 0 radical (unpaired) electrons. The summed E-state index contributed by atoms with van der Waals surface area (Å²) in [7, 11) is 0. The molecule has 14 aromatic rings. The number of benzene rings is 10. The lowest BCUT2D eigenvalue weighted by atomic mass is 10.0. The van der Waals surface area contributed by atoms with E-state index in [1.807, 2.05) is 22.7 Å². The maximum atomic E-state index is 6.92. The highest BCUT2D eigenvalue weighted by molar-refractivity contribution is 7.26. The van der Waals surface area contributed by atoms with Crippen LogP contribution in [0.2, 0.25) is 0 Å². The van der Waals surface area contributed by atoms with Crippen molar-refractivity contribution in [2.24, 2.45) is 0 Å². The zero-order valence-electron chi connectivity index (χ0n) is 34.2. The first-order valence-electron chi connectivity index (χ1n) is 21.5. The molecule has 64 heavy (non-hydrogen) atoms. The summed E-state index contributed by atoms with van der Waals surface area (Å²) in [6.45, 7) is 0. The molecule has 0 amide bonds. The van der Waals surface area contributed by atoms with Crippen LogP contribution >= 0.6 is 22.7 Å². The van der Waals surface area contributed by atoms with Crippen LogP contribution in [0.1, 0.15) is 0 Å². The summed E-state index contributed by atoms with van der Waals surface area (Å²) in [4.78, 5) is 4.72. The lowest BCUT2D eigenvalue weighted by Gasteiger charge is -2.26. The molecule has 4 heterocycles. The maximum absolute atomic E-state index is 6.92. The molecule has 0 unspecified atom stereocenters. The van der Waals surface area contributed by atoms with Crippen LogP contribution in [0, 0.1) is 0 Å². The van der Waals surface area contributed by atoms with Crippen LogP contribution in [-0.2, 0) is 0 Å². The van der Waals surface area contributed by atoms with Crippen LogP contribution in [0.15, 0.2) is 215 Å². The third-order valence-corrected chi connectivity index (χ3v) is 15.2. The molecular formula is C58H34N2O2S2. The topological polar surface area (TPSA) is 32.8 Å². The quantitative estimate of drug-likeness (QED) is 0.167. The summed E-state index contributed by atoms with van der Waals surface area (Å²) in [5.74, 6) is 0. The molecule has 0 bridgehead atoms. The molecule has 300 valence electrons. The Kier molecular flexibility index (Phi) is 7.69. The number of hydrogen-bond donors (Lipinski definition) is 0. The van der Waals surface area contributed by atoms with Gasteiger partial charge in [0.25, 0.3) is 0 Å². The van der Waals surface area contributed by atoms with Gasteiger partial charge in [-0.05, 0) is 97.1 Å². The van der Waals surface area contributed by atoms with E-state index in [0.717, 1.165) is 88.8 Å². The molecule has 0 fully saturated rings. The van der Waals surface area contributed by atoms with E-state index >= 15 is 0 Å². The van der Waals surface area contributed by atoms with E-state index in [-0.39, 0.29) is 0 Å². The van der Waals surface area contributed by atoms with Crippen molar-refractivity contribution < 1.29 is 8.83 Å². The maximum Gasteiger partial charge on any atom is 0.143 e. The number of furan rings is 2. The number of anilines is 6. The van der Waals surface area contributed by atoms with E-state index in [0.29, 0.717) is 0 Å². The van der Waals surface area contributed by atoms with Gasteiger partial charge < -0.3 is 18.6 Å². The minimum atomic E-state index is 0.841. The molecule has 4 aromatic heterocycles. The van der Waals surface area contributed by atoms with Gasteiger partial charge in [-0.15, -0.1) is 22.7 Å². The predicted octanol–water partition coefficient (Wildman–Crippen LogP) is 18.3. The van der Waals surface area contributed by atoms with Crippen molar-refractivity contribution in [2.45, 2.75) is 0 Å². The average molecular weight is 855 g/mol. The number of nitrogens with zero attached hydrogens (tertiary/aromatic N) is 2. The fourth-order valence-corrected chi connectivity index (χ4v) is 12.4. The molecule has 0 atom stereocenters. The largest absolute Gasteiger partial charge is 0.455 e. The molecule has 10 aromatic carbocycles. The number of fused-ring (bicyclic) bond motifs is 15. The normalized spacial score (nSPS) is 12.1. The van der Waals surface area contributed by atoms with Crippen molar-refractivity contribution in [3.63, 3.8) is 0 Å². The van der Waals surface area contributed by atoms with Crippen LogP contribution in [0.5, 0.6) is 0 Å². The first-order chi connectivity index (χ1) is 31.7. The summed E-state index contributed by atoms with van der Waals surface area (Å²) in [6, 6.07) is 73.9. The fourth-order valence-electron chi connectivity index (χ4n) is 9.95. The summed E-state index contributed by atoms with van der Waals surface area (Å²) in [6.07, 6.45) is 0. The number of rotatable bonds is 6. The third-order valence-electron chi connectivity index (χ3n) is 12.8. The van der Waals surface area contributed by atoms with E-state index in [1.54, 1.807) is 0 Å². The highest BCUT2D eigenvalue weighted by Crippen LogP contribution is 2.48. The van der Waals surface area contributed by atoms with E-state index < -0.39 is 0 Å². The Morgan fingerprint density at radius 2 is 0.656 bits per heavy atom. The van der Waals surface area contributed by atoms with Crippen molar-refractivity contribution in [2.75, 3.05) is 9.80 Å². The Bertz CT molecular complexity index is 3890.